The molecule has 7 heteroatoms. The topological polar surface area (TPSA) is 41.1 Å². The monoisotopic (exact) mass is 264 g/mol. The maximum absolute atomic E-state index is 12.6. The van der Waals surface area contributed by atoms with Gasteiger partial charge in [-0.25, -0.2) is 4.79 Å². The quantitative estimate of drug-likeness (QED) is 0.845. The highest BCUT2D eigenvalue weighted by Crippen LogP contribution is 2.48. The lowest BCUT2D eigenvalue weighted by molar-refractivity contribution is -0.162. The van der Waals surface area contributed by atoms with Gasteiger partial charge in [0, 0.05) is 0 Å². The van der Waals surface area contributed by atoms with Crippen molar-refractivity contribution in [1.82, 2.24) is 5.32 Å². The van der Waals surface area contributed by atoms with E-state index in [1.165, 1.54) is 11.3 Å². The van der Waals surface area contributed by atoms with Crippen molar-refractivity contribution in [3.8, 4) is 0 Å². The molecule has 3 nitrogen and oxygen atoms in total. The zero-order valence-corrected chi connectivity index (χ0v) is 9.84. The second-order valence-corrected chi connectivity index (χ2v) is 5.06. The number of carbonyl (C=O) groups excluding carboxylic acids is 1. The number of carbonyl (C=O) groups is 1. The van der Waals surface area contributed by atoms with Gasteiger partial charge in [-0.15, -0.1) is 11.3 Å². The maximum atomic E-state index is 12.6. The van der Waals surface area contributed by atoms with E-state index in [1.807, 2.05) is 17.6 Å². The molecule has 1 heterocycles. The van der Waals surface area contributed by atoms with Crippen molar-refractivity contribution >= 4 is 22.4 Å². The normalized spacial score (nSPS) is 17.6. The molecule has 17 heavy (non-hydrogen) atoms. The van der Waals surface area contributed by atoms with Gasteiger partial charge in [0.25, 0.3) is 0 Å². The van der Waals surface area contributed by atoms with Gasteiger partial charge in [-0.2, -0.15) is 13.2 Å². The number of nitrogens with one attached hydrogen (secondary N) is 2. The highest BCUT2D eigenvalue weighted by Gasteiger charge is 2.64. The molecule has 2 amide bonds. The summed E-state index contributed by atoms with van der Waals surface area (Å²) < 4.78 is 37.7. The summed E-state index contributed by atoms with van der Waals surface area (Å²) >= 11 is 1.28. The Bertz CT molecular complexity index is 437. The molecular formula is C10H11F3N2OS. The second kappa shape index (κ2) is 3.90. The van der Waals surface area contributed by atoms with Gasteiger partial charge < -0.3 is 5.32 Å². The molecular weight excluding hydrogens is 253 g/mol. The highest BCUT2D eigenvalue weighted by molar-refractivity contribution is 7.14. The lowest BCUT2D eigenvalue weighted by Crippen LogP contribution is -2.49. The van der Waals surface area contributed by atoms with Gasteiger partial charge in [0.2, 0.25) is 0 Å². The van der Waals surface area contributed by atoms with Crippen LogP contribution in [0, 0.1) is 6.92 Å². The van der Waals surface area contributed by atoms with Crippen LogP contribution in [0.15, 0.2) is 11.4 Å². The average Bonchev–Trinajstić information content (AvgIpc) is 2.85. The molecule has 0 aliphatic heterocycles. The van der Waals surface area contributed by atoms with Crippen LogP contribution < -0.4 is 10.6 Å². The van der Waals surface area contributed by atoms with E-state index in [9.17, 15) is 18.0 Å². The van der Waals surface area contributed by atoms with E-state index < -0.39 is 17.7 Å². The first-order chi connectivity index (χ1) is 7.82. The second-order valence-electron chi connectivity index (χ2n) is 4.15. The fourth-order valence-corrected chi connectivity index (χ4v) is 2.25. The van der Waals surface area contributed by atoms with Gasteiger partial charge in [0.1, 0.15) is 5.54 Å². The third kappa shape index (κ3) is 2.54. The molecule has 2 N–H and O–H groups in total. The number of urea groups is 1. The van der Waals surface area contributed by atoms with E-state index in [2.05, 4.69) is 5.32 Å². The molecule has 1 saturated carbocycles. The Labute approximate surface area is 100 Å². The zero-order valence-electron chi connectivity index (χ0n) is 9.02. The summed E-state index contributed by atoms with van der Waals surface area (Å²) in [7, 11) is 0. The fourth-order valence-electron chi connectivity index (χ4n) is 1.46. The molecule has 0 aromatic carbocycles. The number of hydrogen-bond donors (Lipinski definition) is 2. The van der Waals surface area contributed by atoms with E-state index in [0.717, 1.165) is 5.56 Å². The third-order valence-electron chi connectivity index (χ3n) is 2.61. The summed E-state index contributed by atoms with van der Waals surface area (Å²) in [6.07, 6.45) is -4.48. The van der Waals surface area contributed by atoms with Crippen molar-refractivity contribution in [2.24, 2.45) is 0 Å². The van der Waals surface area contributed by atoms with Gasteiger partial charge in [-0.05, 0) is 36.8 Å². The predicted molar refractivity (Wildman–Crippen MR) is 59.2 cm³/mol. The number of rotatable bonds is 2. The van der Waals surface area contributed by atoms with Crippen molar-refractivity contribution in [2.75, 3.05) is 5.32 Å². The first-order valence-electron chi connectivity index (χ1n) is 5.03. The zero-order chi connectivity index (χ0) is 12.7. The smallest absolute Gasteiger partial charge is 0.323 e. The van der Waals surface area contributed by atoms with Gasteiger partial charge in [0.15, 0.2) is 0 Å². The standard InChI is InChI=1S/C10H11F3N2OS/c1-6-4-7(17-5-6)14-8(16)15-9(2-3-9)10(11,12)13/h4-5H,2-3H2,1H3,(H2,14,15,16). The Kier molecular flexibility index (Phi) is 2.81. The van der Waals surface area contributed by atoms with Gasteiger partial charge in [-0.3, -0.25) is 5.32 Å². The van der Waals surface area contributed by atoms with E-state index in [1.54, 1.807) is 6.07 Å². The summed E-state index contributed by atoms with van der Waals surface area (Å²) in [6, 6.07) is 0.902. The molecule has 0 atom stereocenters. The van der Waals surface area contributed by atoms with Crippen molar-refractivity contribution < 1.29 is 18.0 Å². The Morgan fingerprint density at radius 2 is 2.12 bits per heavy atom. The van der Waals surface area contributed by atoms with Crippen molar-refractivity contribution in [3.63, 3.8) is 0 Å². The first kappa shape index (κ1) is 12.2. The number of hydrogen-bond acceptors (Lipinski definition) is 2. The van der Waals surface area contributed by atoms with E-state index in [4.69, 9.17) is 0 Å². The first-order valence-corrected chi connectivity index (χ1v) is 5.91. The minimum Gasteiger partial charge on any atom is -0.323 e. The van der Waals surface area contributed by atoms with Gasteiger partial charge >= 0.3 is 12.2 Å². The van der Waals surface area contributed by atoms with Gasteiger partial charge in [-0.1, -0.05) is 0 Å². The Morgan fingerprint density at radius 3 is 2.53 bits per heavy atom. The van der Waals surface area contributed by atoms with Crippen molar-refractivity contribution in [3.05, 3.63) is 17.0 Å². The van der Waals surface area contributed by atoms with Gasteiger partial charge in [0.05, 0.1) is 5.00 Å². The van der Waals surface area contributed by atoms with Crippen LogP contribution in [0.2, 0.25) is 0 Å². The molecule has 0 spiro atoms. The molecule has 1 fully saturated rings. The largest absolute Gasteiger partial charge is 0.411 e. The fraction of sp³-hybridized carbons (Fsp3) is 0.500. The molecule has 94 valence electrons. The van der Waals surface area contributed by atoms with Crippen LogP contribution in [0.4, 0.5) is 23.0 Å². The molecule has 1 aliphatic carbocycles. The average molecular weight is 264 g/mol. The van der Waals surface area contributed by atoms with Crippen LogP contribution in [0.5, 0.6) is 0 Å². The minimum absolute atomic E-state index is 0.0482. The summed E-state index contributed by atoms with van der Waals surface area (Å²) in [5, 5.41) is 6.75. The van der Waals surface area contributed by atoms with Crippen LogP contribution in [-0.4, -0.2) is 17.7 Å². The number of alkyl halides is 3. The SMILES string of the molecule is Cc1csc(NC(=O)NC2(C(F)(F)F)CC2)c1. The van der Waals surface area contributed by atoms with Crippen LogP contribution in [0.25, 0.3) is 0 Å². The molecule has 0 unspecified atom stereocenters. The summed E-state index contributed by atoms with van der Waals surface area (Å²) in [5.74, 6) is 0. The number of aryl methyl sites for hydroxylation is 1. The third-order valence-corrected chi connectivity index (χ3v) is 3.58. The molecule has 0 saturated heterocycles. The minimum atomic E-state index is -4.38. The van der Waals surface area contributed by atoms with E-state index in [-0.39, 0.29) is 12.8 Å². The Morgan fingerprint density at radius 1 is 1.47 bits per heavy atom. The number of amides is 2. The Hall–Kier alpha value is -1.24. The van der Waals surface area contributed by atoms with Crippen LogP contribution in [-0.2, 0) is 0 Å². The Balaban J connectivity index is 1.95. The van der Waals surface area contributed by atoms with Crippen molar-refractivity contribution in [1.29, 1.82) is 0 Å². The molecule has 0 radical (unpaired) electrons. The van der Waals surface area contributed by atoms with E-state index in [0.29, 0.717) is 5.00 Å². The number of anilines is 1. The highest BCUT2D eigenvalue weighted by atomic mass is 32.1. The summed E-state index contributed by atoms with van der Waals surface area (Å²) in [6.45, 7) is 1.84. The predicted octanol–water partition coefficient (Wildman–Crippen LogP) is 3.27. The van der Waals surface area contributed by atoms with E-state index >= 15 is 0 Å². The molecule has 0 bridgehead atoms. The summed E-state index contributed by atoms with van der Waals surface area (Å²) in [5.41, 5.74) is -1.05. The molecule has 1 aliphatic rings. The van der Waals surface area contributed by atoms with Crippen LogP contribution in [0.3, 0.4) is 0 Å². The summed E-state index contributed by atoms with van der Waals surface area (Å²) in [4.78, 5) is 11.4. The lowest BCUT2D eigenvalue weighted by Gasteiger charge is -2.20. The molecule has 1 aromatic rings. The lowest BCUT2D eigenvalue weighted by atomic mass is 10.2. The van der Waals surface area contributed by atoms with Crippen LogP contribution in [0.1, 0.15) is 18.4 Å². The number of thiophene rings is 1. The van der Waals surface area contributed by atoms with Crippen molar-refractivity contribution in [2.45, 2.75) is 31.5 Å². The van der Waals surface area contributed by atoms with Crippen LogP contribution >= 0.6 is 11.3 Å². The molecule has 2 rings (SSSR count). The number of halogens is 3. The molecule has 1 aromatic heterocycles. The maximum Gasteiger partial charge on any atom is 0.411 e.